The molecule has 1 atom stereocenters. The van der Waals surface area contributed by atoms with E-state index < -0.39 is 0 Å². The van der Waals surface area contributed by atoms with Gasteiger partial charge in [0.1, 0.15) is 0 Å². The fourth-order valence-electron chi connectivity index (χ4n) is 5.43. The standard InChI is InChI=1S/C32H37N5O5/c1-20(2)37-28-14-13-25(17-27(28)30(40)36(32(37)42)18-23-11-12-23)34-31(41)35-15-5-8-26(19-35)33-29(39)24-7-4-6-22(16-24)10-9-21(3)38/h4,6-7,9-10,13-14,16-17,20,23,26H,5,8,11-12,15,18-19H2,1-3H3,(H,33,39)(H,34,41)/b10-9+/t26-/m1/s1. The number of benzene rings is 2. The molecule has 2 N–H and O–H groups in total. The summed E-state index contributed by atoms with van der Waals surface area (Å²) >= 11 is 0. The number of likely N-dealkylation sites (tertiary alicyclic amines) is 1. The topological polar surface area (TPSA) is 123 Å². The number of aromatic nitrogens is 2. The zero-order valence-corrected chi connectivity index (χ0v) is 24.3. The summed E-state index contributed by atoms with van der Waals surface area (Å²) in [4.78, 5) is 65.6. The molecule has 3 aromatic rings. The van der Waals surface area contributed by atoms with E-state index in [9.17, 15) is 24.0 Å². The van der Waals surface area contributed by atoms with Crippen LogP contribution in [0.2, 0.25) is 0 Å². The van der Waals surface area contributed by atoms with Crippen LogP contribution in [0.1, 0.15) is 68.4 Å². The fraction of sp³-hybridized carbons (Fsp3) is 0.406. The highest BCUT2D eigenvalue weighted by Crippen LogP contribution is 2.30. The van der Waals surface area contributed by atoms with E-state index in [2.05, 4.69) is 10.6 Å². The van der Waals surface area contributed by atoms with E-state index in [0.29, 0.717) is 47.7 Å². The number of hydrogen-bond donors (Lipinski definition) is 2. The second-order valence-corrected chi connectivity index (χ2v) is 11.6. The number of nitrogens with one attached hydrogen (secondary N) is 2. The number of allylic oxidation sites excluding steroid dienone is 1. The first-order chi connectivity index (χ1) is 20.1. The Labute approximate surface area is 244 Å². The van der Waals surface area contributed by atoms with Gasteiger partial charge in [-0.25, -0.2) is 9.59 Å². The molecule has 1 saturated carbocycles. The summed E-state index contributed by atoms with van der Waals surface area (Å²) < 4.78 is 2.97. The van der Waals surface area contributed by atoms with Crippen LogP contribution in [0.15, 0.2) is 58.1 Å². The number of urea groups is 1. The van der Waals surface area contributed by atoms with Gasteiger partial charge >= 0.3 is 11.7 Å². The Balaban J connectivity index is 1.29. The number of carbonyl (C=O) groups is 3. The SMILES string of the molecule is CC(=O)/C=C/c1cccc(C(=O)N[C@@H]2CCCN(C(=O)Nc3ccc4c(c3)c(=O)n(CC3CC3)c(=O)n4C(C)C)C2)c1. The first-order valence-electron chi connectivity index (χ1n) is 14.6. The van der Waals surface area contributed by atoms with Crippen molar-refractivity contribution >= 4 is 40.4 Å². The maximum absolute atomic E-state index is 13.3. The lowest BCUT2D eigenvalue weighted by molar-refractivity contribution is -0.112. The minimum atomic E-state index is -0.337. The molecule has 2 aliphatic rings. The van der Waals surface area contributed by atoms with Gasteiger partial charge in [-0.2, -0.15) is 0 Å². The highest BCUT2D eigenvalue weighted by molar-refractivity contribution is 5.96. The van der Waals surface area contributed by atoms with Crippen molar-refractivity contribution in [2.75, 3.05) is 18.4 Å². The molecular weight excluding hydrogens is 534 g/mol. The quantitative estimate of drug-likeness (QED) is 0.393. The number of amides is 3. The van der Waals surface area contributed by atoms with E-state index in [-0.39, 0.29) is 41.1 Å². The van der Waals surface area contributed by atoms with E-state index in [1.807, 2.05) is 19.9 Å². The van der Waals surface area contributed by atoms with Crippen LogP contribution in [0, 0.1) is 5.92 Å². The van der Waals surface area contributed by atoms with Gasteiger partial charge in [0, 0.05) is 43.0 Å². The summed E-state index contributed by atoms with van der Waals surface area (Å²) in [7, 11) is 0. The third-order valence-electron chi connectivity index (χ3n) is 7.78. The summed E-state index contributed by atoms with van der Waals surface area (Å²) in [6.45, 7) is 6.59. The molecule has 1 aromatic heterocycles. The molecule has 2 heterocycles. The van der Waals surface area contributed by atoms with Crippen molar-refractivity contribution in [2.45, 2.75) is 65.1 Å². The minimum Gasteiger partial charge on any atom is -0.348 e. The lowest BCUT2D eigenvalue weighted by Crippen LogP contribution is -2.50. The Kier molecular flexibility index (Phi) is 8.42. The van der Waals surface area contributed by atoms with E-state index in [0.717, 1.165) is 31.2 Å². The van der Waals surface area contributed by atoms with Crippen LogP contribution in [0.25, 0.3) is 17.0 Å². The third-order valence-corrected chi connectivity index (χ3v) is 7.78. The first-order valence-corrected chi connectivity index (χ1v) is 14.6. The number of rotatable bonds is 8. The van der Waals surface area contributed by atoms with Gasteiger partial charge < -0.3 is 15.5 Å². The molecule has 0 radical (unpaired) electrons. The van der Waals surface area contributed by atoms with Gasteiger partial charge in [0.15, 0.2) is 5.78 Å². The van der Waals surface area contributed by atoms with Crippen molar-refractivity contribution in [2.24, 2.45) is 5.92 Å². The van der Waals surface area contributed by atoms with Gasteiger partial charge in [-0.1, -0.05) is 18.2 Å². The molecule has 0 unspecified atom stereocenters. The Bertz CT molecular complexity index is 1680. The number of hydrogen-bond acceptors (Lipinski definition) is 5. The van der Waals surface area contributed by atoms with Gasteiger partial charge in [-0.15, -0.1) is 0 Å². The first kappa shape index (κ1) is 29.0. The van der Waals surface area contributed by atoms with Crippen LogP contribution in [-0.2, 0) is 11.3 Å². The molecule has 10 heteroatoms. The average molecular weight is 572 g/mol. The maximum atomic E-state index is 13.3. The monoisotopic (exact) mass is 571 g/mol. The van der Waals surface area contributed by atoms with Crippen molar-refractivity contribution in [3.8, 4) is 0 Å². The largest absolute Gasteiger partial charge is 0.348 e. The van der Waals surface area contributed by atoms with Crippen LogP contribution in [0.5, 0.6) is 0 Å². The van der Waals surface area contributed by atoms with Crippen LogP contribution >= 0.6 is 0 Å². The van der Waals surface area contributed by atoms with Gasteiger partial charge in [-0.05, 0) is 94.3 Å². The summed E-state index contributed by atoms with van der Waals surface area (Å²) in [5, 5.41) is 6.33. The lowest BCUT2D eigenvalue weighted by Gasteiger charge is -2.33. The van der Waals surface area contributed by atoms with Crippen molar-refractivity contribution in [1.29, 1.82) is 0 Å². The summed E-state index contributed by atoms with van der Waals surface area (Å²) in [6.07, 6.45) is 6.63. The fourth-order valence-corrected chi connectivity index (χ4v) is 5.43. The van der Waals surface area contributed by atoms with Gasteiger partial charge in [0.05, 0.1) is 10.9 Å². The molecule has 0 spiro atoms. The molecule has 10 nitrogen and oxygen atoms in total. The average Bonchev–Trinajstić information content (AvgIpc) is 3.79. The molecule has 1 aliphatic heterocycles. The zero-order chi connectivity index (χ0) is 30.0. The van der Waals surface area contributed by atoms with E-state index in [1.165, 1.54) is 17.6 Å². The molecule has 2 aromatic carbocycles. The van der Waals surface area contributed by atoms with Crippen molar-refractivity contribution in [3.05, 3.63) is 80.5 Å². The molecular formula is C32H37N5O5. The summed E-state index contributed by atoms with van der Waals surface area (Å²) in [5.41, 5.74) is 1.61. The van der Waals surface area contributed by atoms with Gasteiger partial charge in [0.2, 0.25) is 0 Å². The molecule has 1 aliphatic carbocycles. The second kappa shape index (κ2) is 12.2. The molecule has 1 saturated heterocycles. The summed E-state index contributed by atoms with van der Waals surface area (Å²) in [6, 6.07) is 11.4. The van der Waals surface area contributed by atoms with Crippen molar-refractivity contribution < 1.29 is 14.4 Å². The van der Waals surface area contributed by atoms with Gasteiger partial charge in [-0.3, -0.25) is 23.5 Å². The normalized spacial score (nSPS) is 17.1. The number of fused-ring (bicyclic) bond motifs is 1. The smallest absolute Gasteiger partial charge is 0.331 e. The van der Waals surface area contributed by atoms with Gasteiger partial charge in [0.25, 0.3) is 11.5 Å². The number of piperidine rings is 1. The van der Waals surface area contributed by atoms with Crippen molar-refractivity contribution in [3.63, 3.8) is 0 Å². The van der Waals surface area contributed by atoms with Crippen LogP contribution < -0.4 is 21.9 Å². The molecule has 220 valence electrons. The number of nitrogens with zero attached hydrogens (tertiary/aromatic N) is 3. The van der Waals surface area contributed by atoms with Crippen LogP contribution in [0.4, 0.5) is 10.5 Å². The predicted molar refractivity (Wildman–Crippen MR) is 163 cm³/mol. The molecule has 0 bridgehead atoms. The lowest BCUT2D eigenvalue weighted by atomic mass is 10.0. The Morgan fingerprint density at radius 3 is 2.55 bits per heavy atom. The highest BCUT2D eigenvalue weighted by Gasteiger charge is 2.27. The van der Waals surface area contributed by atoms with E-state index in [1.54, 1.807) is 51.9 Å². The molecule has 5 rings (SSSR count). The molecule has 2 fully saturated rings. The Hall–Kier alpha value is -4.47. The van der Waals surface area contributed by atoms with E-state index in [4.69, 9.17) is 0 Å². The Morgan fingerprint density at radius 1 is 1.05 bits per heavy atom. The highest BCUT2D eigenvalue weighted by atomic mass is 16.2. The van der Waals surface area contributed by atoms with Crippen LogP contribution in [-0.4, -0.2) is 50.9 Å². The molecule has 3 amide bonds. The number of ketones is 1. The Morgan fingerprint density at radius 2 is 1.83 bits per heavy atom. The summed E-state index contributed by atoms with van der Waals surface area (Å²) in [5.74, 6) is 0.0422. The van der Waals surface area contributed by atoms with E-state index >= 15 is 0 Å². The van der Waals surface area contributed by atoms with Crippen molar-refractivity contribution in [1.82, 2.24) is 19.4 Å². The number of anilines is 1. The maximum Gasteiger partial charge on any atom is 0.331 e. The predicted octanol–water partition coefficient (Wildman–Crippen LogP) is 4.18. The minimum absolute atomic E-state index is 0.0735. The second-order valence-electron chi connectivity index (χ2n) is 11.6. The van der Waals surface area contributed by atoms with Crippen LogP contribution in [0.3, 0.4) is 0 Å². The number of carbonyl (C=O) groups excluding carboxylic acids is 3. The zero-order valence-electron chi connectivity index (χ0n) is 24.3. The molecule has 42 heavy (non-hydrogen) atoms. The third kappa shape index (κ3) is 6.53.